The molecule has 122 valence electrons. The number of hydrogen-bond acceptors (Lipinski definition) is 4. The van der Waals surface area contributed by atoms with Gasteiger partial charge in [0.2, 0.25) is 0 Å². The Labute approximate surface area is 128 Å². The van der Waals surface area contributed by atoms with Gasteiger partial charge in [0.1, 0.15) is 5.60 Å². The summed E-state index contributed by atoms with van der Waals surface area (Å²) < 4.78 is 5.23. The lowest BCUT2D eigenvalue weighted by Gasteiger charge is -2.35. The number of carbonyl (C=O) groups is 1. The predicted octanol–water partition coefficient (Wildman–Crippen LogP) is 1.30. The summed E-state index contributed by atoms with van der Waals surface area (Å²) in [5.74, 6) is -0.142. The maximum atomic E-state index is 12.3. The molecule has 2 aliphatic rings. The molecule has 1 aliphatic carbocycles. The summed E-state index contributed by atoms with van der Waals surface area (Å²) >= 11 is 0. The molecule has 0 aromatic rings. The minimum atomic E-state index is -0.852. The van der Waals surface area contributed by atoms with Crippen molar-refractivity contribution in [3.63, 3.8) is 0 Å². The molecule has 5 nitrogen and oxygen atoms in total. The van der Waals surface area contributed by atoms with Crippen LogP contribution in [-0.2, 0) is 9.53 Å². The normalized spacial score (nSPS) is 31.9. The number of hydrogen-bond donors (Lipinski definition) is 2. The minimum absolute atomic E-state index is 0.142. The second kappa shape index (κ2) is 7.07. The highest BCUT2D eigenvalue weighted by atomic mass is 16.5. The lowest BCUT2D eigenvalue weighted by atomic mass is 9.99. The van der Waals surface area contributed by atoms with Crippen molar-refractivity contribution in [3.05, 3.63) is 0 Å². The third-order valence-electron chi connectivity index (χ3n) is 5.05. The molecule has 0 unspecified atom stereocenters. The second-order valence-electron chi connectivity index (χ2n) is 6.88. The highest BCUT2D eigenvalue weighted by molar-refractivity contribution is 5.84. The Morgan fingerprint density at radius 3 is 2.43 bits per heavy atom. The van der Waals surface area contributed by atoms with Gasteiger partial charge in [-0.05, 0) is 52.6 Å². The monoisotopic (exact) mass is 298 g/mol. The topological polar surface area (TPSA) is 61.8 Å². The van der Waals surface area contributed by atoms with Crippen LogP contribution in [0.5, 0.6) is 0 Å². The SMILES string of the molecule is COC(C)(C)C(=O)N[C@@H]1CCCC[C@@H](N2CCCC2)[C@@H]1O. The van der Waals surface area contributed by atoms with Crippen LogP contribution in [0.25, 0.3) is 0 Å². The fraction of sp³-hybridized carbons (Fsp3) is 0.938. The van der Waals surface area contributed by atoms with E-state index >= 15 is 0 Å². The van der Waals surface area contributed by atoms with Crippen LogP contribution in [0.3, 0.4) is 0 Å². The first-order valence-corrected chi connectivity index (χ1v) is 8.24. The lowest BCUT2D eigenvalue weighted by molar-refractivity contribution is -0.141. The Balaban J connectivity index is 2.02. The summed E-state index contributed by atoms with van der Waals surface area (Å²) in [6.45, 7) is 5.66. The molecule has 1 heterocycles. The molecule has 21 heavy (non-hydrogen) atoms. The third-order valence-corrected chi connectivity index (χ3v) is 5.05. The Bertz CT molecular complexity index is 353. The molecule has 1 aliphatic heterocycles. The van der Waals surface area contributed by atoms with Gasteiger partial charge in [-0.3, -0.25) is 9.69 Å². The largest absolute Gasteiger partial charge is 0.389 e. The van der Waals surface area contributed by atoms with Crippen LogP contribution in [0.4, 0.5) is 0 Å². The van der Waals surface area contributed by atoms with Gasteiger partial charge < -0.3 is 15.2 Å². The fourth-order valence-corrected chi connectivity index (χ4v) is 3.39. The molecule has 0 bridgehead atoms. The van der Waals surface area contributed by atoms with Crippen LogP contribution in [0.15, 0.2) is 0 Å². The van der Waals surface area contributed by atoms with Crippen LogP contribution < -0.4 is 5.32 Å². The predicted molar refractivity (Wildman–Crippen MR) is 82.1 cm³/mol. The van der Waals surface area contributed by atoms with Gasteiger partial charge in [0.15, 0.2) is 0 Å². The smallest absolute Gasteiger partial charge is 0.251 e. The Morgan fingerprint density at radius 1 is 1.19 bits per heavy atom. The van der Waals surface area contributed by atoms with Crippen LogP contribution >= 0.6 is 0 Å². The van der Waals surface area contributed by atoms with Crippen molar-refractivity contribution in [2.45, 2.75) is 76.2 Å². The molecule has 2 fully saturated rings. The first-order chi connectivity index (χ1) is 9.95. The van der Waals surface area contributed by atoms with Gasteiger partial charge in [0.25, 0.3) is 5.91 Å². The maximum absolute atomic E-state index is 12.3. The van der Waals surface area contributed by atoms with Crippen LogP contribution in [0, 0.1) is 0 Å². The molecule has 3 atom stereocenters. The summed E-state index contributed by atoms with van der Waals surface area (Å²) in [5.41, 5.74) is -0.852. The highest BCUT2D eigenvalue weighted by Gasteiger charge is 2.37. The van der Waals surface area contributed by atoms with Gasteiger partial charge >= 0.3 is 0 Å². The van der Waals surface area contributed by atoms with E-state index in [1.54, 1.807) is 13.8 Å². The fourth-order valence-electron chi connectivity index (χ4n) is 3.39. The van der Waals surface area contributed by atoms with Gasteiger partial charge in [-0.2, -0.15) is 0 Å². The molecule has 1 saturated heterocycles. The zero-order chi connectivity index (χ0) is 15.5. The molecule has 2 rings (SSSR count). The number of aliphatic hydroxyl groups is 1. The van der Waals surface area contributed by atoms with Crippen molar-refractivity contribution >= 4 is 5.91 Å². The van der Waals surface area contributed by atoms with E-state index in [0.29, 0.717) is 0 Å². The third kappa shape index (κ3) is 3.96. The number of carbonyl (C=O) groups excluding carboxylic acids is 1. The number of likely N-dealkylation sites (tertiary alicyclic amines) is 1. The van der Waals surface area contributed by atoms with Crippen molar-refractivity contribution in [3.8, 4) is 0 Å². The summed E-state index contributed by atoms with van der Waals surface area (Å²) in [4.78, 5) is 14.7. The Kier molecular flexibility index (Phi) is 5.63. The van der Waals surface area contributed by atoms with Crippen molar-refractivity contribution in [1.29, 1.82) is 0 Å². The van der Waals surface area contributed by atoms with E-state index in [2.05, 4.69) is 10.2 Å². The summed E-state index contributed by atoms with van der Waals surface area (Å²) in [7, 11) is 1.54. The number of methoxy groups -OCH3 is 1. The Morgan fingerprint density at radius 2 is 1.81 bits per heavy atom. The van der Waals surface area contributed by atoms with E-state index in [0.717, 1.165) is 38.8 Å². The van der Waals surface area contributed by atoms with Crippen LogP contribution in [0.2, 0.25) is 0 Å². The van der Waals surface area contributed by atoms with E-state index in [1.165, 1.54) is 20.0 Å². The number of ether oxygens (including phenoxy) is 1. The van der Waals surface area contributed by atoms with E-state index < -0.39 is 11.7 Å². The number of nitrogens with one attached hydrogen (secondary N) is 1. The first kappa shape index (κ1) is 16.7. The number of rotatable bonds is 4. The summed E-state index contributed by atoms with van der Waals surface area (Å²) in [6.07, 6.45) is 6.01. The van der Waals surface area contributed by atoms with E-state index in [-0.39, 0.29) is 18.0 Å². The maximum Gasteiger partial charge on any atom is 0.251 e. The van der Waals surface area contributed by atoms with Crippen molar-refractivity contribution in [1.82, 2.24) is 10.2 Å². The molecule has 0 spiro atoms. The first-order valence-electron chi connectivity index (χ1n) is 8.24. The quantitative estimate of drug-likeness (QED) is 0.768. The average molecular weight is 298 g/mol. The van der Waals surface area contributed by atoms with Crippen LogP contribution in [-0.4, -0.2) is 59.9 Å². The minimum Gasteiger partial charge on any atom is -0.389 e. The van der Waals surface area contributed by atoms with Gasteiger partial charge in [0.05, 0.1) is 12.1 Å². The molecule has 1 saturated carbocycles. The summed E-state index contributed by atoms with van der Waals surface area (Å²) in [6, 6.07) is 0.0194. The lowest BCUT2D eigenvalue weighted by Crippen LogP contribution is -2.56. The number of nitrogens with zero attached hydrogens (tertiary/aromatic N) is 1. The molecule has 0 aromatic heterocycles. The van der Waals surface area contributed by atoms with Gasteiger partial charge in [-0.25, -0.2) is 0 Å². The van der Waals surface area contributed by atoms with Crippen molar-refractivity contribution in [2.75, 3.05) is 20.2 Å². The van der Waals surface area contributed by atoms with Gasteiger partial charge in [0, 0.05) is 13.2 Å². The van der Waals surface area contributed by atoms with Crippen molar-refractivity contribution in [2.24, 2.45) is 0 Å². The second-order valence-corrected chi connectivity index (χ2v) is 6.88. The van der Waals surface area contributed by atoms with E-state index in [9.17, 15) is 9.90 Å². The molecule has 2 N–H and O–H groups in total. The molecule has 1 amide bonds. The standard InChI is InChI=1S/C16H30N2O3/c1-16(2,21-3)15(20)17-12-8-4-5-9-13(14(12)19)18-10-6-7-11-18/h12-14,19H,4-11H2,1-3H3,(H,17,20)/t12-,13-,14-/m1/s1. The van der Waals surface area contributed by atoms with E-state index in [1.807, 2.05) is 0 Å². The molecule has 5 heteroatoms. The zero-order valence-corrected chi connectivity index (χ0v) is 13.6. The molecular weight excluding hydrogens is 268 g/mol. The molecule has 0 aromatic carbocycles. The number of aliphatic hydroxyl groups excluding tert-OH is 1. The van der Waals surface area contributed by atoms with Gasteiger partial charge in [-0.15, -0.1) is 0 Å². The summed E-state index contributed by atoms with van der Waals surface area (Å²) in [5, 5.41) is 13.8. The molecule has 0 radical (unpaired) electrons. The average Bonchev–Trinajstić information content (AvgIpc) is 2.93. The zero-order valence-electron chi connectivity index (χ0n) is 13.6. The highest BCUT2D eigenvalue weighted by Crippen LogP contribution is 2.26. The number of amides is 1. The van der Waals surface area contributed by atoms with Crippen LogP contribution in [0.1, 0.15) is 52.4 Å². The Hall–Kier alpha value is -0.650. The molecular formula is C16H30N2O3. The van der Waals surface area contributed by atoms with Crippen molar-refractivity contribution < 1.29 is 14.6 Å². The van der Waals surface area contributed by atoms with Gasteiger partial charge in [-0.1, -0.05) is 12.8 Å². The van der Waals surface area contributed by atoms with E-state index in [4.69, 9.17) is 4.74 Å².